The first-order valence-electron chi connectivity index (χ1n) is 38.2. The van der Waals surface area contributed by atoms with Crippen LogP contribution >= 0.6 is 15.6 Å². The van der Waals surface area contributed by atoms with E-state index in [1.54, 1.807) is 0 Å². The highest BCUT2D eigenvalue weighted by atomic mass is 31.2. The molecule has 0 spiro atoms. The second-order valence-corrected chi connectivity index (χ2v) is 28.5. The minimum absolute atomic E-state index is 0.0715. The molecule has 3 N–H and O–H groups in total. The van der Waals surface area contributed by atoms with Gasteiger partial charge in [-0.15, -0.1) is 0 Å². The van der Waals surface area contributed by atoms with E-state index in [1.165, 1.54) is 122 Å². The van der Waals surface area contributed by atoms with Crippen LogP contribution < -0.4 is 0 Å². The quantitative estimate of drug-likeness (QED) is 0.0169. The first-order chi connectivity index (χ1) is 46.7. The van der Waals surface area contributed by atoms with E-state index in [-0.39, 0.29) is 25.7 Å². The Kier molecular flexibility index (Phi) is 67.4. The van der Waals surface area contributed by atoms with Gasteiger partial charge in [0, 0.05) is 25.7 Å². The second kappa shape index (κ2) is 70.0. The molecular weight excluding hydrogens is 1260 g/mol. The van der Waals surface area contributed by atoms with E-state index in [9.17, 15) is 43.2 Å². The maximum atomic E-state index is 13.1. The minimum Gasteiger partial charge on any atom is -0.462 e. The number of hydrogen-bond acceptors (Lipinski definition) is 15. The first-order valence-corrected chi connectivity index (χ1v) is 41.2. The topological polar surface area (TPSA) is 237 Å². The fourth-order valence-corrected chi connectivity index (χ4v) is 11.9. The largest absolute Gasteiger partial charge is 0.472 e. The van der Waals surface area contributed by atoms with Crippen molar-refractivity contribution in [1.29, 1.82) is 0 Å². The van der Waals surface area contributed by atoms with E-state index >= 15 is 0 Å². The van der Waals surface area contributed by atoms with Gasteiger partial charge in [0.25, 0.3) is 0 Å². The van der Waals surface area contributed by atoms with Gasteiger partial charge in [-0.25, -0.2) is 9.13 Å². The molecule has 0 aliphatic carbocycles. The summed E-state index contributed by atoms with van der Waals surface area (Å²) in [5.41, 5.74) is 0. The molecule has 0 aliphatic rings. The van der Waals surface area contributed by atoms with Gasteiger partial charge < -0.3 is 33.8 Å². The lowest BCUT2D eigenvalue weighted by Gasteiger charge is -2.21. The number of phosphoric acid groups is 2. The summed E-state index contributed by atoms with van der Waals surface area (Å²) in [5, 5.41) is 10.6. The summed E-state index contributed by atoms with van der Waals surface area (Å²) < 4.78 is 68.4. The van der Waals surface area contributed by atoms with Gasteiger partial charge in [-0.1, -0.05) is 293 Å². The minimum atomic E-state index is -4.98. The summed E-state index contributed by atoms with van der Waals surface area (Å²) in [5.74, 6) is -2.21. The Bertz CT molecular complexity index is 2110. The summed E-state index contributed by atoms with van der Waals surface area (Å²) >= 11 is 0. The molecule has 0 fully saturated rings. The van der Waals surface area contributed by atoms with Crippen LogP contribution in [-0.4, -0.2) is 96.7 Å². The van der Waals surface area contributed by atoms with Gasteiger partial charge in [-0.05, 0) is 89.9 Å². The van der Waals surface area contributed by atoms with Gasteiger partial charge in [0.1, 0.15) is 19.3 Å². The monoisotopic (exact) mass is 1400 g/mol. The van der Waals surface area contributed by atoms with Gasteiger partial charge in [-0.2, -0.15) is 0 Å². The van der Waals surface area contributed by atoms with Crippen molar-refractivity contribution in [2.24, 2.45) is 0 Å². The van der Waals surface area contributed by atoms with Crippen LogP contribution in [0, 0.1) is 0 Å². The lowest BCUT2D eigenvalue weighted by molar-refractivity contribution is -0.161. The molecule has 0 heterocycles. The predicted molar refractivity (Wildman–Crippen MR) is 390 cm³/mol. The highest BCUT2D eigenvalue weighted by molar-refractivity contribution is 7.47. The summed E-state index contributed by atoms with van der Waals surface area (Å²) in [6.07, 6.45) is 69.0. The molecular formula is C77H138O17P2. The van der Waals surface area contributed by atoms with E-state index in [0.717, 1.165) is 135 Å². The molecule has 0 aromatic rings. The number of ether oxygens (including phenoxy) is 4. The molecule has 0 aromatic heterocycles. The Morgan fingerprint density at radius 2 is 0.562 bits per heavy atom. The molecule has 0 saturated carbocycles. The van der Waals surface area contributed by atoms with E-state index in [1.807, 2.05) is 0 Å². The van der Waals surface area contributed by atoms with Crippen molar-refractivity contribution in [3.05, 3.63) is 72.9 Å². The third-order valence-electron chi connectivity index (χ3n) is 16.2. The molecule has 19 heteroatoms. The van der Waals surface area contributed by atoms with E-state index < -0.39 is 97.5 Å². The number of rotatable bonds is 72. The highest BCUT2D eigenvalue weighted by Gasteiger charge is 2.30. The molecule has 5 atom stereocenters. The molecule has 0 aliphatic heterocycles. The number of carbonyl (C=O) groups is 4. The van der Waals surface area contributed by atoms with Crippen LogP contribution in [0.2, 0.25) is 0 Å². The zero-order chi connectivity index (χ0) is 70.4. The Hall–Kier alpha value is -3.50. The number of allylic oxidation sites excluding steroid dienone is 12. The number of aliphatic hydroxyl groups is 1. The van der Waals surface area contributed by atoms with Crippen molar-refractivity contribution < 1.29 is 80.2 Å². The average Bonchev–Trinajstić information content (AvgIpc) is 1.14. The van der Waals surface area contributed by atoms with Crippen LogP contribution in [0.4, 0.5) is 0 Å². The van der Waals surface area contributed by atoms with Gasteiger partial charge in [0.15, 0.2) is 12.2 Å². The predicted octanol–water partition coefficient (Wildman–Crippen LogP) is 21.7. The summed E-state index contributed by atoms with van der Waals surface area (Å²) in [4.78, 5) is 72.8. The fourth-order valence-electron chi connectivity index (χ4n) is 10.4. The molecule has 0 rings (SSSR count). The van der Waals surface area contributed by atoms with Gasteiger partial charge >= 0.3 is 39.5 Å². The van der Waals surface area contributed by atoms with Crippen molar-refractivity contribution in [3.63, 3.8) is 0 Å². The number of phosphoric ester groups is 2. The molecule has 0 bridgehead atoms. The van der Waals surface area contributed by atoms with Gasteiger partial charge in [0.2, 0.25) is 0 Å². The maximum absolute atomic E-state index is 13.1. The Labute approximate surface area is 583 Å². The number of unbranched alkanes of at least 4 members (excludes halogenated alkanes) is 34. The number of hydrogen-bond donors (Lipinski definition) is 3. The fraction of sp³-hybridized carbons (Fsp3) is 0.792. The van der Waals surface area contributed by atoms with Crippen LogP contribution in [0.1, 0.15) is 336 Å². The number of esters is 4. The van der Waals surface area contributed by atoms with E-state index in [4.69, 9.17) is 37.0 Å². The van der Waals surface area contributed by atoms with Crippen LogP contribution in [0.15, 0.2) is 72.9 Å². The SMILES string of the molecule is CC/C=C\C/C=C\C/C=C\C/C=C\CCCCC(=O)OCC(COP(=O)(O)OCC(O)COP(=O)(O)OCC(COC(=O)CCCCCCCCCCCCCCCCC)OC(=O)CCCCCCCCCCCCCCC)OC(=O)CCCCCCC/C=C\C/C=C\CCC. The standard InChI is InChI=1S/C77H138O17P2/c1-5-9-13-17-21-25-29-33-35-39-41-45-49-53-57-61-74(79)87-67-72(93-76(81)63-59-55-51-47-43-37-31-27-23-19-15-11-7-3)69-91-95(83,84)89-65-71(78)66-90-96(85,86)92-70-73(94-77(82)64-60-56-52-48-44-38-32-28-24-20-16-12-8-4)68-88-75(80)62-58-54-50-46-42-40-36-34-30-26-22-18-14-10-6-2/h9,13,15,19,21,25,27,31,33,35,41,45,71-73,78H,5-8,10-12,14,16-18,20,22-24,26,28-30,32,34,36-40,42-44,46-70H2,1-4H3,(H,83,84)(H,85,86)/b13-9-,19-15-,25-21-,31-27-,35-33-,45-41-. The summed E-state index contributed by atoms with van der Waals surface area (Å²) in [6.45, 7) is 4.68. The molecule has 17 nitrogen and oxygen atoms in total. The summed E-state index contributed by atoms with van der Waals surface area (Å²) in [6, 6.07) is 0. The van der Waals surface area contributed by atoms with Crippen LogP contribution in [0.25, 0.3) is 0 Å². The highest BCUT2D eigenvalue weighted by Crippen LogP contribution is 2.45. The number of aliphatic hydroxyl groups excluding tert-OH is 1. The molecule has 0 radical (unpaired) electrons. The zero-order valence-corrected chi connectivity index (χ0v) is 62.6. The van der Waals surface area contributed by atoms with Crippen LogP contribution in [-0.2, 0) is 65.4 Å². The smallest absolute Gasteiger partial charge is 0.462 e. The van der Waals surface area contributed by atoms with Crippen molar-refractivity contribution in [2.75, 3.05) is 39.6 Å². The Morgan fingerprint density at radius 3 is 0.896 bits per heavy atom. The third kappa shape index (κ3) is 69.0. The lowest BCUT2D eigenvalue weighted by Crippen LogP contribution is -2.30. The Balaban J connectivity index is 5.34. The van der Waals surface area contributed by atoms with Crippen molar-refractivity contribution in [1.82, 2.24) is 0 Å². The van der Waals surface area contributed by atoms with Gasteiger partial charge in [0.05, 0.1) is 26.4 Å². The number of carbonyl (C=O) groups excluding carboxylic acids is 4. The maximum Gasteiger partial charge on any atom is 0.472 e. The second-order valence-electron chi connectivity index (χ2n) is 25.6. The molecule has 96 heavy (non-hydrogen) atoms. The normalized spacial score (nSPS) is 14.4. The third-order valence-corrected chi connectivity index (χ3v) is 18.1. The molecule has 558 valence electrons. The lowest BCUT2D eigenvalue weighted by atomic mass is 10.0. The Morgan fingerprint density at radius 1 is 0.302 bits per heavy atom. The van der Waals surface area contributed by atoms with Crippen LogP contribution in [0.3, 0.4) is 0 Å². The van der Waals surface area contributed by atoms with Crippen molar-refractivity contribution in [3.8, 4) is 0 Å². The first kappa shape index (κ1) is 92.5. The van der Waals surface area contributed by atoms with Crippen molar-refractivity contribution >= 4 is 39.5 Å². The molecule has 0 saturated heterocycles. The molecule has 0 aromatic carbocycles. The van der Waals surface area contributed by atoms with E-state index in [2.05, 4.69) is 101 Å². The van der Waals surface area contributed by atoms with Gasteiger partial charge in [-0.3, -0.25) is 37.3 Å². The average molecular weight is 1400 g/mol. The molecule has 0 amide bonds. The van der Waals surface area contributed by atoms with Crippen LogP contribution in [0.5, 0.6) is 0 Å². The summed E-state index contributed by atoms with van der Waals surface area (Å²) in [7, 11) is -9.95. The van der Waals surface area contributed by atoms with E-state index in [0.29, 0.717) is 25.7 Å². The van der Waals surface area contributed by atoms with Crippen molar-refractivity contribution in [2.45, 2.75) is 354 Å². The molecule has 5 unspecified atom stereocenters. The zero-order valence-electron chi connectivity index (χ0n) is 60.8.